The Labute approximate surface area is 368 Å². The van der Waals surface area contributed by atoms with Crippen LogP contribution in [0, 0.1) is 0 Å². The SMILES string of the molecule is C=C/C=C(\C=C/C)c1ccc2c3cc4c(cc3n(-c3ccc(-c5nc(-c6ccccc6)cc(-c6ccccc6)n5)cc3)c2c1)-c1ccccc1C41C2=C(CCC=C2)C2=C1C=CCC2. The van der Waals surface area contributed by atoms with Crippen LogP contribution < -0.4 is 0 Å². The van der Waals surface area contributed by atoms with Crippen molar-refractivity contribution in [3.8, 4) is 50.7 Å². The molecule has 0 unspecified atom stereocenters. The summed E-state index contributed by atoms with van der Waals surface area (Å²) in [7, 11) is 0. The van der Waals surface area contributed by atoms with Crippen LogP contribution in [0.1, 0.15) is 49.3 Å². The van der Waals surface area contributed by atoms with E-state index >= 15 is 0 Å². The molecule has 3 nitrogen and oxygen atoms in total. The highest BCUT2D eigenvalue weighted by atomic mass is 15.0. The average molecular weight is 808 g/mol. The van der Waals surface area contributed by atoms with Crippen LogP contribution in [0.5, 0.6) is 0 Å². The zero-order valence-electron chi connectivity index (χ0n) is 35.4. The molecular formula is C60H45N3. The Kier molecular flexibility index (Phi) is 8.72. The van der Waals surface area contributed by atoms with E-state index in [1.165, 1.54) is 49.7 Å². The van der Waals surface area contributed by atoms with Crippen LogP contribution >= 0.6 is 0 Å². The number of allylic oxidation sites excluding steroid dienone is 13. The quantitative estimate of drug-likeness (QED) is 0.150. The van der Waals surface area contributed by atoms with Gasteiger partial charge in [-0.25, -0.2) is 9.97 Å². The maximum Gasteiger partial charge on any atom is 0.160 e. The van der Waals surface area contributed by atoms with Gasteiger partial charge in [0.15, 0.2) is 5.82 Å². The highest BCUT2D eigenvalue weighted by Crippen LogP contribution is 2.64. The lowest BCUT2D eigenvalue weighted by Gasteiger charge is -2.34. The van der Waals surface area contributed by atoms with E-state index in [4.69, 9.17) is 9.97 Å². The van der Waals surface area contributed by atoms with Crippen molar-refractivity contribution in [1.29, 1.82) is 0 Å². The van der Waals surface area contributed by atoms with Gasteiger partial charge in [0.1, 0.15) is 0 Å². The van der Waals surface area contributed by atoms with Crippen molar-refractivity contribution < 1.29 is 0 Å². The molecule has 3 heteroatoms. The average Bonchev–Trinajstić information content (AvgIpc) is 3.94. The Bertz CT molecular complexity index is 3290. The number of hydrogen-bond acceptors (Lipinski definition) is 2. The molecule has 6 aromatic carbocycles. The fraction of sp³-hybridized carbons (Fsp3) is 0.100. The van der Waals surface area contributed by atoms with Gasteiger partial charge >= 0.3 is 0 Å². The minimum atomic E-state index is -0.326. The number of benzene rings is 6. The molecule has 0 N–H and O–H groups in total. The van der Waals surface area contributed by atoms with E-state index in [0.717, 1.165) is 76.1 Å². The summed E-state index contributed by atoms with van der Waals surface area (Å²) in [5.74, 6) is 0.698. The molecule has 1 spiro atoms. The zero-order chi connectivity index (χ0) is 42.1. The second-order valence-corrected chi connectivity index (χ2v) is 17.0. The molecule has 2 aromatic heterocycles. The second-order valence-electron chi connectivity index (χ2n) is 17.0. The largest absolute Gasteiger partial charge is 0.309 e. The smallest absolute Gasteiger partial charge is 0.160 e. The summed E-state index contributed by atoms with van der Waals surface area (Å²) in [6.45, 7) is 6.12. The maximum absolute atomic E-state index is 5.15. The van der Waals surface area contributed by atoms with Crippen LogP contribution in [0.2, 0.25) is 0 Å². The molecule has 2 heterocycles. The summed E-state index contributed by atoms with van der Waals surface area (Å²) in [6.07, 6.45) is 22.4. The van der Waals surface area contributed by atoms with Crippen molar-refractivity contribution in [1.82, 2.24) is 14.5 Å². The highest BCUT2D eigenvalue weighted by molar-refractivity contribution is 6.13. The summed E-state index contributed by atoms with van der Waals surface area (Å²) in [6, 6.07) is 52.9. The van der Waals surface area contributed by atoms with Gasteiger partial charge in [-0.15, -0.1) is 0 Å². The van der Waals surface area contributed by atoms with Gasteiger partial charge in [0.25, 0.3) is 0 Å². The summed E-state index contributed by atoms with van der Waals surface area (Å²) in [4.78, 5) is 10.3. The summed E-state index contributed by atoms with van der Waals surface area (Å²) >= 11 is 0. The molecular weight excluding hydrogens is 763 g/mol. The molecule has 300 valence electrons. The molecule has 4 aliphatic rings. The van der Waals surface area contributed by atoms with Crippen molar-refractivity contribution in [3.63, 3.8) is 0 Å². The molecule has 0 amide bonds. The van der Waals surface area contributed by atoms with Gasteiger partial charge in [0.05, 0.1) is 27.8 Å². The topological polar surface area (TPSA) is 30.7 Å². The Balaban J connectivity index is 1.09. The van der Waals surface area contributed by atoms with Gasteiger partial charge in [-0.05, 0) is 137 Å². The predicted molar refractivity (Wildman–Crippen MR) is 263 cm³/mol. The number of hydrogen-bond donors (Lipinski definition) is 0. The molecule has 0 aliphatic heterocycles. The summed E-state index contributed by atoms with van der Waals surface area (Å²) in [5, 5.41) is 2.49. The first-order valence-corrected chi connectivity index (χ1v) is 22.3. The number of aromatic nitrogens is 3. The monoisotopic (exact) mass is 807 g/mol. The van der Waals surface area contributed by atoms with Crippen molar-refractivity contribution >= 4 is 27.4 Å². The Morgan fingerprint density at radius 2 is 1.24 bits per heavy atom. The lowest BCUT2D eigenvalue weighted by Crippen LogP contribution is -2.28. The highest BCUT2D eigenvalue weighted by Gasteiger charge is 2.53. The minimum Gasteiger partial charge on any atom is -0.309 e. The standard InChI is InChI=1S/C60H45N3/c1-3-17-39(18-4-2)43-31-34-48-50-36-54-49(47-25-13-16-28-53(47)60(54)51-26-14-11-23-45(51)46-24-12-15-27-52(46)60)37-58(50)63(57(48)35-43)44-32-29-42(30-33-44)59-61-55(40-19-7-5-8-20-40)38-56(62-59)41-21-9-6-10-22-41/h3-10,13-22,25-38H,1,11-12,23-24H2,2H3/b18-4-,39-17+. The van der Waals surface area contributed by atoms with Crippen LogP contribution in [-0.4, -0.2) is 14.5 Å². The lowest BCUT2D eigenvalue weighted by atomic mass is 9.67. The number of nitrogens with zero attached hydrogens (tertiary/aromatic N) is 3. The molecule has 0 saturated heterocycles. The maximum atomic E-state index is 5.15. The molecule has 0 bridgehead atoms. The first-order chi connectivity index (χ1) is 31.1. The van der Waals surface area contributed by atoms with E-state index < -0.39 is 0 Å². The number of fused-ring (bicyclic) bond motifs is 11. The van der Waals surface area contributed by atoms with Crippen LogP contribution in [0.4, 0.5) is 0 Å². The van der Waals surface area contributed by atoms with E-state index in [0.29, 0.717) is 5.82 Å². The van der Waals surface area contributed by atoms with E-state index in [9.17, 15) is 0 Å². The van der Waals surface area contributed by atoms with Crippen LogP contribution in [-0.2, 0) is 5.41 Å². The number of rotatable bonds is 7. The molecule has 0 fully saturated rings. The van der Waals surface area contributed by atoms with Crippen molar-refractivity contribution in [3.05, 3.63) is 240 Å². The third-order valence-electron chi connectivity index (χ3n) is 13.7. The van der Waals surface area contributed by atoms with Crippen LogP contribution in [0.15, 0.2) is 223 Å². The van der Waals surface area contributed by atoms with Crippen molar-refractivity contribution in [2.75, 3.05) is 0 Å². The lowest BCUT2D eigenvalue weighted by molar-refractivity contribution is 0.763. The molecule has 8 aromatic rings. The first-order valence-electron chi connectivity index (χ1n) is 22.3. The Morgan fingerprint density at radius 1 is 0.603 bits per heavy atom. The van der Waals surface area contributed by atoms with Crippen LogP contribution in [0.3, 0.4) is 0 Å². The molecule has 0 atom stereocenters. The summed E-state index contributed by atoms with van der Waals surface area (Å²) < 4.78 is 2.47. The fourth-order valence-electron chi connectivity index (χ4n) is 11.0. The van der Waals surface area contributed by atoms with E-state index in [1.807, 2.05) is 18.2 Å². The fourth-order valence-corrected chi connectivity index (χ4v) is 11.0. The first kappa shape index (κ1) is 37.2. The van der Waals surface area contributed by atoms with E-state index in [2.05, 4.69) is 194 Å². The third kappa shape index (κ3) is 5.66. The van der Waals surface area contributed by atoms with Gasteiger partial charge in [0.2, 0.25) is 0 Å². The molecule has 0 saturated carbocycles. The normalized spacial score (nSPS) is 16.0. The van der Waals surface area contributed by atoms with E-state index in [-0.39, 0.29) is 5.41 Å². The summed E-state index contributed by atoms with van der Waals surface area (Å²) in [5.41, 5.74) is 21.8. The van der Waals surface area contributed by atoms with Crippen LogP contribution in [0.25, 0.3) is 78.1 Å². The molecule has 63 heavy (non-hydrogen) atoms. The van der Waals surface area contributed by atoms with Gasteiger partial charge < -0.3 is 4.57 Å². The van der Waals surface area contributed by atoms with E-state index in [1.54, 1.807) is 11.1 Å². The molecule has 4 aliphatic carbocycles. The van der Waals surface area contributed by atoms with Gasteiger partial charge in [-0.1, -0.05) is 152 Å². The second kappa shape index (κ2) is 14.8. The Morgan fingerprint density at radius 3 is 1.89 bits per heavy atom. The minimum absolute atomic E-state index is 0.326. The predicted octanol–water partition coefficient (Wildman–Crippen LogP) is 15.3. The van der Waals surface area contributed by atoms with Gasteiger partial charge in [0, 0.05) is 33.2 Å². The molecule has 0 radical (unpaired) electrons. The van der Waals surface area contributed by atoms with Gasteiger partial charge in [-0.3, -0.25) is 0 Å². The molecule has 12 rings (SSSR count). The Hall–Kier alpha value is -7.62. The van der Waals surface area contributed by atoms with Crippen molar-refractivity contribution in [2.24, 2.45) is 0 Å². The van der Waals surface area contributed by atoms with Crippen molar-refractivity contribution in [2.45, 2.75) is 38.0 Å². The third-order valence-corrected chi connectivity index (χ3v) is 13.7. The van der Waals surface area contributed by atoms with Gasteiger partial charge in [-0.2, -0.15) is 0 Å². The zero-order valence-corrected chi connectivity index (χ0v) is 35.4.